The smallest absolute Gasteiger partial charge is 0.140 e. The first kappa shape index (κ1) is 12.8. The molecule has 4 rings (SSSR count). The van der Waals surface area contributed by atoms with Crippen LogP contribution >= 0.6 is 0 Å². The fraction of sp³-hybridized carbons (Fsp3) is 0.125. The van der Waals surface area contributed by atoms with E-state index in [0.717, 1.165) is 22.4 Å². The monoisotopic (exact) mass is 295 g/mol. The number of benzene rings is 1. The zero-order chi connectivity index (χ0) is 15.4. The van der Waals surface area contributed by atoms with Crippen molar-refractivity contribution in [1.29, 1.82) is 0 Å². The maximum Gasteiger partial charge on any atom is 0.140 e. The number of aromatic nitrogens is 4. The van der Waals surface area contributed by atoms with Crippen molar-refractivity contribution < 1.29 is 4.39 Å². The van der Waals surface area contributed by atoms with Crippen LogP contribution < -0.4 is 5.73 Å². The van der Waals surface area contributed by atoms with E-state index in [1.807, 2.05) is 36.7 Å². The predicted octanol–water partition coefficient (Wildman–Crippen LogP) is 2.92. The number of imidazole rings is 2. The van der Waals surface area contributed by atoms with Gasteiger partial charge in [0.05, 0.1) is 11.0 Å². The maximum atomic E-state index is 13.4. The van der Waals surface area contributed by atoms with Gasteiger partial charge in [-0.15, -0.1) is 0 Å². The topological polar surface area (TPSA) is 61.1 Å². The van der Waals surface area contributed by atoms with Crippen LogP contribution in [0.2, 0.25) is 0 Å². The number of nitrogens with two attached hydrogens (primary N) is 1. The first-order valence-corrected chi connectivity index (χ1v) is 6.91. The summed E-state index contributed by atoms with van der Waals surface area (Å²) in [4.78, 5) is 9.02. The highest BCUT2D eigenvalue weighted by atomic mass is 19.1. The summed E-state index contributed by atoms with van der Waals surface area (Å²) in [6.07, 6.45) is 1.34. The maximum absolute atomic E-state index is 13.4. The molecule has 0 spiro atoms. The zero-order valence-electron chi connectivity index (χ0n) is 12.2. The number of halogens is 1. The van der Waals surface area contributed by atoms with Gasteiger partial charge in [-0.05, 0) is 31.2 Å². The van der Waals surface area contributed by atoms with Crippen molar-refractivity contribution in [2.75, 3.05) is 5.73 Å². The molecule has 0 bridgehead atoms. The molecule has 2 N–H and O–H groups in total. The van der Waals surface area contributed by atoms with E-state index in [1.165, 1.54) is 12.3 Å². The number of aryl methyl sites for hydroxylation is 2. The number of anilines is 1. The van der Waals surface area contributed by atoms with E-state index in [0.29, 0.717) is 17.2 Å². The molecule has 5 nitrogen and oxygen atoms in total. The third-order valence-corrected chi connectivity index (χ3v) is 4.00. The highest BCUT2D eigenvalue weighted by Gasteiger charge is 2.13. The summed E-state index contributed by atoms with van der Waals surface area (Å²) >= 11 is 0. The van der Waals surface area contributed by atoms with Gasteiger partial charge in [-0.1, -0.05) is 6.07 Å². The molecule has 22 heavy (non-hydrogen) atoms. The normalized spacial score (nSPS) is 11.6. The second kappa shape index (κ2) is 4.30. The Labute approximate surface area is 125 Å². The van der Waals surface area contributed by atoms with Crippen molar-refractivity contribution in [3.8, 4) is 11.3 Å². The van der Waals surface area contributed by atoms with Crippen LogP contribution in [0.3, 0.4) is 0 Å². The van der Waals surface area contributed by atoms with Gasteiger partial charge in [-0.3, -0.25) is 4.40 Å². The third-order valence-electron chi connectivity index (χ3n) is 4.00. The Balaban J connectivity index is 1.96. The van der Waals surface area contributed by atoms with Crippen molar-refractivity contribution >= 4 is 22.5 Å². The van der Waals surface area contributed by atoms with E-state index in [-0.39, 0.29) is 5.82 Å². The minimum Gasteiger partial charge on any atom is -0.383 e. The van der Waals surface area contributed by atoms with Crippen molar-refractivity contribution in [2.24, 2.45) is 7.05 Å². The summed E-state index contributed by atoms with van der Waals surface area (Å²) in [5.74, 6) is 1.01. The van der Waals surface area contributed by atoms with E-state index in [1.54, 1.807) is 10.5 Å². The quantitative estimate of drug-likeness (QED) is 0.587. The largest absolute Gasteiger partial charge is 0.383 e. The van der Waals surface area contributed by atoms with Crippen LogP contribution in [0.1, 0.15) is 5.82 Å². The van der Waals surface area contributed by atoms with E-state index >= 15 is 0 Å². The second-order valence-corrected chi connectivity index (χ2v) is 5.34. The molecule has 3 heterocycles. The summed E-state index contributed by atoms with van der Waals surface area (Å²) in [6, 6.07) is 8.89. The molecule has 1 aromatic carbocycles. The molecule has 0 radical (unpaired) electrons. The number of nitrogens with zero attached hydrogens (tertiary/aromatic N) is 4. The van der Waals surface area contributed by atoms with Crippen LogP contribution in [0.25, 0.3) is 27.9 Å². The van der Waals surface area contributed by atoms with Gasteiger partial charge in [0, 0.05) is 18.8 Å². The van der Waals surface area contributed by atoms with E-state index in [2.05, 4.69) is 9.97 Å². The number of rotatable bonds is 1. The minimum absolute atomic E-state index is 0.348. The van der Waals surface area contributed by atoms with Crippen LogP contribution in [0.4, 0.5) is 10.2 Å². The van der Waals surface area contributed by atoms with Gasteiger partial charge in [0.15, 0.2) is 0 Å². The van der Waals surface area contributed by atoms with Crippen LogP contribution in [-0.2, 0) is 7.05 Å². The SMILES string of the molecule is Cc1nc2cc(-c3nc4ccc(F)cn4c3N)ccc2n1C. The van der Waals surface area contributed by atoms with Crippen molar-refractivity contribution in [3.05, 3.63) is 48.2 Å². The fourth-order valence-corrected chi connectivity index (χ4v) is 2.72. The van der Waals surface area contributed by atoms with Crippen LogP contribution in [-0.4, -0.2) is 18.9 Å². The van der Waals surface area contributed by atoms with Crippen molar-refractivity contribution in [2.45, 2.75) is 6.92 Å². The van der Waals surface area contributed by atoms with Gasteiger partial charge >= 0.3 is 0 Å². The number of hydrogen-bond acceptors (Lipinski definition) is 3. The Bertz CT molecular complexity index is 1030. The van der Waals surface area contributed by atoms with E-state index in [9.17, 15) is 4.39 Å². The van der Waals surface area contributed by atoms with Crippen LogP contribution in [0.5, 0.6) is 0 Å². The molecule has 0 amide bonds. The Morgan fingerprint density at radius 3 is 2.77 bits per heavy atom. The number of pyridine rings is 1. The second-order valence-electron chi connectivity index (χ2n) is 5.34. The minimum atomic E-state index is -0.348. The number of fused-ring (bicyclic) bond motifs is 2. The standard InChI is InChI=1S/C16H14FN5/c1-9-19-12-7-10(3-5-13(12)21(9)2)15-16(18)22-8-11(17)4-6-14(22)20-15/h3-8H,18H2,1-2H3. The zero-order valence-corrected chi connectivity index (χ0v) is 12.2. The first-order chi connectivity index (χ1) is 10.5. The lowest BCUT2D eigenvalue weighted by Crippen LogP contribution is -1.95. The first-order valence-electron chi connectivity index (χ1n) is 6.91. The van der Waals surface area contributed by atoms with Crippen LogP contribution in [0, 0.1) is 12.7 Å². The molecule has 0 aliphatic rings. The Morgan fingerprint density at radius 1 is 1.14 bits per heavy atom. The summed E-state index contributed by atoms with van der Waals surface area (Å²) in [7, 11) is 1.98. The lowest BCUT2D eigenvalue weighted by molar-refractivity contribution is 0.619. The van der Waals surface area contributed by atoms with Gasteiger partial charge in [0.25, 0.3) is 0 Å². The summed E-state index contributed by atoms with van der Waals surface area (Å²) in [5, 5.41) is 0. The summed E-state index contributed by atoms with van der Waals surface area (Å²) in [6.45, 7) is 1.96. The molecular formula is C16H14FN5. The molecule has 0 atom stereocenters. The molecule has 0 aliphatic heterocycles. The third kappa shape index (κ3) is 1.70. The number of nitrogen functional groups attached to an aromatic ring is 1. The molecule has 0 aliphatic carbocycles. The molecule has 0 saturated heterocycles. The average Bonchev–Trinajstić information content (AvgIpc) is 2.97. The average molecular weight is 295 g/mol. The molecule has 3 aromatic heterocycles. The highest BCUT2D eigenvalue weighted by Crippen LogP contribution is 2.29. The Kier molecular flexibility index (Phi) is 2.51. The molecular weight excluding hydrogens is 281 g/mol. The summed E-state index contributed by atoms with van der Waals surface area (Å²) in [5.41, 5.74) is 10.2. The lowest BCUT2D eigenvalue weighted by Gasteiger charge is -2.01. The molecule has 4 aromatic rings. The van der Waals surface area contributed by atoms with Gasteiger partial charge < -0.3 is 10.3 Å². The molecule has 0 saturated carbocycles. The van der Waals surface area contributed by atoms with Crippen LogP contribution in [0.15, 0.2) is 36.5 Å². The van der Waals surface area contributed by atoms with E-state index in [4.69, 9.17) is 5.73 Å². The lowest BCUT2D eigenvalue weighted by atomic mass is 10.1. The molecule has 0 unspecified atom stereocenters. The van der Waals surface area contributed by atoms with Gasteiger partial charge in [0.2, 0.25) is 0 Å². The fourth-order valence-electron chi connectivity index (χ4n) is 2.72. The van der Waals surface area contributed by atoms with Gasteiger partial charge in [0.1, 0.15) is 28.8 Å². The van der Waals surface area contributed by atoms with E-state index < -0.39 is 0 Å². The Morgan fingerprint density at radius 2 is 1.95 bits per heavy atom. The molecule has 110 valence electrons. The molecule has 0 fully saturated rings. The van der Waals surface area contributed by atoms with Crippen molar-refractivity contribution in [3.63, 3.8) is 0 Å². The number of hydrogen-bond donors (Lipinski definition) is 1. The highest BCUT2D eigenvalue weighted by molar-refractivity contribution is 5.85. The Hall–Kier alpha value is -2.89. The van der Waals surface area contributed by atoms with Crippen molar-refractivity contribution in [1.82, 2.24) is 18.9 Å². The van der Waals surface area contributed by atoms with Gasteiger partial charge in [-0.25, -0.2) is 14.4 Å². The molecule has 6 heteroatoms. The predicted molar refractivity (Wildman–Crippen MR) is 84.0 cm³/mol. The van der Waals surface area contributed by atoms with Gasteiger partial charge in [-0.2, -0.15) is 0 Å². The summed E-state index contributed by atoms with van der Waals surface area (Å²) < 4.78 is 17.0.